The van der Waals surface area contributed by atoms with Gasteiger partial charge >= 0.3 is 0 Å². The van der Waals surface area contributed by atoms with Gasteiger partial charge in [0.25, 0.3) is 0 Å². The molecule has 0 amide bonds. The average molecular weight is 219 g/mol. The molecule has 1 N–H and O–H groups in total. The van der Waals surface area contributed by atoms with Crippen LogP contribution in [0, 0.1) is 25.7 Å². The van der Waals surface area contributed by atoms with Crippen molar-refractivity contribution in [2.45, 2.75) is 13.8 Å². The number of hydrogen-bond acceptors (Lipinski definition) is 5. The molecule has 2 aliphatic rings. The van der Waals surface area contributed by atoms with Gasteiger partial charge in [-0.15, -0.1) is 5.10 Å². The van der Waals surface area contributed by atoms with Crippen molar-refractivity contribution < 1.29 is 0 Å². The number of fused-ring (bicyclic) bond motifs is 1. The van der Waals surface area contributed by atoms with E-state index in [2.05, 4.69) is 25.4 Å². The lowest BCUT2D eigenvalue weighted by Gasteiger charge is -2.17. The van der Waals surface area contributed by atoms with Gasteiger partial charge in [0.2, 0.25) is 5.95 Å². The Kier molecular flexibility index (Phi) is 2.28. The summed E-state index contributed by atoms with van der Waals surface area (Å²) in [5, 5.41) is 11.8. The van der Waals surface area contributed by atoms with Gasteiger partial charge in [-0.25, -0.2) is 4.98 Å². The molecule has 2 aliphatic heterocycles. The van der Waals surface area contributed by atoms with Gasteiger partial charge in [-0.2, -0.15) is 5.10 Å². The van der Waals surface area contributed by atoms with Gasteiger partial charge in [-0.1, -0.05) is 0 Å². The summed E-state index contributed by atoms with van der Waals surface area (Å²) in [5.74, 6) is 2.34. The van der Waals surface area contributed by atoms with E-state index in [0.717, 1.165) is 55.4 Å². The fraction of sp³-hybridized carbons (Fsp3) is 0.727. The van der Waals surface area contributed by atoms with Crippen LogP contribution in [-0.2, 0) is 0 Å². The summed E-state index contributed by atoms with van der Waals surface area (Å²) < 4.78 is 0. The fourth-order valence-electron chi connectivity index (χ4n) is 2.60. The third kappa shape index (κ3) is 1.55. The summed E-state index contributed by atoms with van der Waals surface area (Å²) in [4.78, 5) is 6.79. The summed E-state index contributed by atoms with van der Waals surface area (Å²) in [6.45, 7) is 8.36. The Hall–Kier alpha value is -1.23. The summed E-state index contributed by atoms with van der Waals surface area (Å²) in [5.41, 5.74) is 1.91. The first kappa shape index (κ1) is 9.96. The average Bonchev–Trinajstić information content (AvgIpc) is 2.81. The van der Waals surface area contributed by atoms with Crippen LogP contribution in [0.4, 0.5) is 5.95 Å². The Morgan fingerprint density at radius 3 is 2.38 bits per heavy atom. The Balaban J connectivity index is 1.81. The van der Waals surface area contributed by atoms with Crippen LogP contribution in [0.15, 0.2) is 0 Å². The van der Waals surface area contributed by atoms with E-state index >= 15 is 0 Å². The Morgan fingerprint density at radius 2 is 1.75 bits per heavy atom. The molecule has 0 spiro atoms. The number of aryl methyl sites for hydroxylation is 2. The smallest absolute Gasteiger partial charge is 0.245 e. The summed E-state index contributed by atoms with van der Waals surface area (Å²) in [6.07, 6.45) is 0. The highest BCUT2D eigenvalue weighted by atomic mass is 15.3. The second-order valence-electron chi connectivity index (χ2n) is 4.87. The first-order valence-corrected chi connectivity index (χ1v) is 5.87. The number of nitrogens with zero attached hydrogens (tertiary/aromatic N) is 4. The maximum Gasteiger partial charge on any atom is 0.245 e. The molecule has 0 bridgehead atoms. The molecule has 0 aromatic carbocycles. The molecule has 86 valence electrons. The lowest BCUT2D eigenvalue weighted by atomic mass is 10.0. The predicted molar refractivity (Wildman–Crippen MR) is 61.4 cm³/mol. The van der Waals surface area contributed by atoms with Crippen LogP contribution in [-0.4, -0.2) is 41.4 Å². The van der Waals surface area contributed by atoms with Crippen LogP contribution < -0.4 is 10.2 Å². The highest BCUT2D eigenvalue weighted by Gasteiger charge is 2.37. The van der Waals surface area contributed by atoms with Crippen molar-refractivity contribution >= 4 is 5.95 Å². The molecular weight excluding hydrogens is 202 g/mol. The minimum Gasteiger partial charge on any atom is -0.339 e. The topological polar surface area (TPSA) is 53.9 Å². The van der Waals surface area contributed by atoms with Crippen LogP contribution in [0.5, 0.6) is 0 Å². The molecule has 0 radical (unpaired) electrons. The molecule has 3 heterocycles. The van der Waals surface area contributed by atoms with Gasteiger partial charge in [-0.05, 0) is 25.7 Å². The number of anilines is 1. The van der Waals surface area contributed by atoms with E-state index in [1.807, 2.05) is 13.8 Å². The highest BCUT2D eigenvalue weighted by Crippen LogP contribution is 2.28. The Bertz CT molecular complexity index is 393. The van der Waals surface area contributed by atoms with E-state index in [1.165, 1.54) is 0 Å². The van der Waals surface area contributed by atoms with E-state index < -0.39 is 0 Å². The van der Waals surface area contributed by atoms with Gasteiger partial charge in [0.1, 0.15) is 0 Å². The molecule has 2 atom stereocenters. The van der Waals surface area contributed by atoms with Crippen LogP contribution in [0.2, 0.25) is 0 Å². The van der Waals surface area contributed by atoms with E-state index in [1.54, 1.807) is 0 Å². The number of aromatic nitrogens is 3. The summed E-state index contributed by atoms with van der Waals surface area (Å²) >= 11 is 0. The monoisotopic (exact) mass is 219 g/mol. The molecule has 0 aliphatic carbocycles. The van der Waals surface area contributed by atoms with E-state index in [-0.39, 0.29) is 0 Å². The van der Waals surface area contributed by atoms with Crippen molar-refractivity contribution in [2.75, 3.05) is 31.1 Å². The van der Waals surface area contributed by atoms with Crippen molar-refractivity contribution in [2.24, 2.45) is 11.8 Å². The zero-order valence-electron chi connectivity index (χ0n) is 9.77. The van der Waals surface area contributed by atoms with Crippen molar-refractivity contribution in [3.63, 3.8) is 0 Å². The quantitative estimate of drug-likeness (QED) is 0.728. The zero-order valence-corrected chi connectivity index (χ0v) is 9.77. The molecular formula is C11H17N5. The maximum atomic E-state index is 4.51. The van der Waals surface area contributed by atoms with Crippen LogP contribution >= 0.6 is 0 Å². The summed E-state index contributed by atoms with van der Waals surface area (Å²) in [6, 6.07) is 0. The third-order valence-corrected chi connectivity index (χ3v) is 3.75. The van der Waals surface area contributed by atoms with E-state index in [0.29, 0.717) is 0 Å². The molecule has 1 aromatic rings. The normalized spacial score (nSPS) is 28.5. The second-order valence-corrected chi connectivity index (χ2v) is 4.87. The van der Waals surface area contributed by atoms with Crippen LogP contribution in [0.1, 0.15) is 11.4 Å². The lowest BCUT2D eigenvalue weighted by Crippen LogP contribution is -2.27. The SMILES string of the molecule is Cc1nnc(N2C[C@H]3CNC[C@H]3C2)nc1C. The van der Waals surface area contributed by atoms with Crippen LogP contribution in [0.25, 0.3) is 0 Å². The molecule has 5 nitrogen and oxygen atoms in total. The summed E-state index contributed by atoms with van der Waals surface area (Å²) in [7, 11) is 0. The van der Waals surface area contributed by atoms with Crippen LogP contribution in [0.3, 0.4) is 0 Å². The molecule has 0 saturated carbocycles. The molecule has 2 fully saturated rings. The first-order valence-electron chi connectivity index (χ1n) is 5.87. The fourth-order valence-corrected chi connectivity index (χ4v) is 2.60. The van der Waals surface area contributed by atoms with Gasteiger partial charge in [0.15, 0.2) is 0 Å². The van der Waals surface area contributed by atoms with Gasteiger partial charge < -0.3 is 10.2 Å². The van der Waals surface area contributed by atoms with Crippen molar-refractivity contribution in [1.82, 2.24) is 20.5 Å². The predicted octanol–water partition coefficient (Wildman–Crippen LogP) is 0.144. The number of nitrogens with one attached hydrogen (secondary N) is 1. The van der Waals surface area contributed by atoms with Crippen molar-refractivity contribution in [3.05, 3.63) is 11.4 Å². The number of rotatable bonds is 1. The number of hydrogen-bond donors (Lipinski definition) is 1. The molecule has 3 rings (SSSR count). The zero-order chi connectivity index (χ0) is 11.1. The molecule has 16 heavy (non-hydrogen) atoms. The van der Waals surface area contributed by atoms with Gasteiger partial charge in [-0.3, -0.25) is 0 Å². The Labute approximate surface area is 95.3 Å². The van der Waals surface area contributed by atoms with Gasteiger partial charge in [0.05, 0.1) is 11.4 Å². The first-order chi connectivity index (χ1) is 7.74. The maximum absolute atomic E-state index is 4.51. The van der Waals surface area contributed by atoms with E-state index in [4.69, 9.17) is 0 Å². The lowest BCUT2D eigenvalue weighted by molar-refractivity contribution is 0.533. The van der Waals surface area contributed by atoms with Crippen molar-refractivity contribution in [3.8, 4) is 0 Å². The molecule has 5 heteroatoms. The largest absolute Gasteiger partial charge is 0.339 e. The van der Waals surface area contributed by atoms with E-state index in [9.17, 15) is 0 Å². The van der Waals surface area contributed by atoms with Gasteiger partial charge in [0, 0.05) is 26.2 Å². The second kappa shape index (κ2) is 3.66. The van der Waals surface area contributed by atoms with Crippen molar-refractivity contribution in [1.29, 1.82) is 0 Å². The molecule has 0 unspecified atom stereocenters. The minimum atomic E-state index is 0.769. The highest BCUT2D eigenvalue weighted by molar-refractivity contribution is 5.32. The molecule has 2 saturated heterocycles. The minimum absolute atomic E-state index is 0.769. The standard InChI is InChI=1S/C11H17N5/c1-7-8(2)14-15-11(13-7)16-5-9-3-12-4-10(9)6-16/h9-10,12H,3-6H2,1-2H3/t9-,10+. The molecule has 1 aromatic heterocycles. The Morgan fingerprint density at radius 1 is 1.06 bits per heavy atom. The third-order valence-electron chi connectivity index (χ3n) is 3.75.